The molecule has 10 heteroatoms. The summed E-state index contributed by atoms with van der Waals surface area (Å²) in [7, 11) is 0. The smallest absolute Gasteiger partial charge is 0.227 e. The lowest BCUT2D eigenvalue weighted by Crippen LogP contribution is -2.08. The minimum Gasteiger partial charge on any atom is -0.477 e. The fraction of sp³-hybridized carbons (Fsp3) is 0.444. The molecule has 1 aromatic heterocycles. The highest BCUT2D eigenvalue weighted by atomic mass is 35.5. The van der Waals surface area contributed by atoms with Crippen molar-refractivity contribution in [2.75, 3.05) is 30.8 Å². The van der Waals surface area contributed by atoms with E-state index >= 15 is 0 Å². The molecule has 7 nitrogen and oxygen atoms in total. The number of aliphatic hydroxyl groups excluding tert-OH is 1. The monoisotopic (exact) mass is 441 g/mol. The van der Waals surface area contributed by atoms with Crippen molar-refractivity contribution in [1.29, 1.82) is 5.26 Å². The second-order valence-corrected chi connectivity index (χ2v) is 7.56. The summed E-state index contributed by atoms with van der Waals surface area (Å²) in [4.78, 5) is 13.4. The van der Waals surface area contributed by atoms with Crippen LogP contribution in [0.5, 0.6) is 5.75 Å². The molecule has 0 bridgehead atoms. The normalized spacial score (nSPS) is 10.5. The van der Waals surface area contributed by atoms with Gasteiger partial charge in [-0.1, -0.05) is 48.3 Å². The molecule has 0 saturated heterocycles. The maximum atomic E-state index is 8.99. The van der Waals surface area contributed by atoms with Gasteiger partial charge in [-0.25, -0.2) is 4.98 Å². The number of aliphatic hydroxyl groups is 1. The molecular formula is C18H21Cl2N5O2S. The van der Waals surface area contributed by atoms with Gasteiger partial charge in [0.1, 0.15) is 11.8 Å². The Morgan fingerprint density at radius 1 is 1.21 bits per heavy atom. The third kappa shape index (κ3) is 6.67. The number of hydrogen-bond acceptors (Lipinski definition) is 8. The molecule has 0 aliphatic carbocycles. The third-order valence-corrected chi connectivity index (χ3v) is 5.06. The maximum absolute atomic E-state index is 8.99. The second kappa shape index (κ2) is 11.9. The fourth-order valence-corrected chi connectivity index (χ4v) is 3.43. The van der Waals surface area contributed by atoms with Crippen LogP contribution in [-0.4, -0.2) is 45.6 Å². The van der Waals surface area contributed by atoms with Crippen molar-refractivity contribution in [2.45, 2.75) is 31.3 Å². The number of ether oxygens (including phenoxy) is 1. The van der Waals surface area contributed by atoms with E-state index in [1.165, 1.54) is 17.8 Å². The number of anilines is 1. The summed E-state index contributed by atoms with van der Waals surface area (Å²) < 4.78 is 5.35. The van der Waals surface area contributed by atoms with Gasteiger partial charge in [-0.2, -0.15) is 15.2 Å². The van der Waals surface area contributed by atoms with Crippen molar-refractivity contribution in [3.05, 3.63) is 22.2 Å². The maximum Gasteiger partial charge on any atom is 0.227 e. The number of rotatable bonds is 11. The van der Waals surface area contributed by atoms with Crippen molar-refractivity contribution >= 4 is 40.9 Å². The standard InChI is InChI=1S/C18H21Cl2N5O2S/c1-2-3-6-22-17-23-16(24-18(25-17)28-9-4-7-26)12-10-15(27-8-5-21)14(20)11-13(12)19/h10-11,26H,2-4,6-9H2,1H3,(H,22,23,24,25). The van der Waals surface area contributed by atoms with Gasteiger partial charge in [0.05, 0.1) is 10.0 Å². The molecule has 0 spiro atoms. The minimum atomic E-state index is -0.135. The Bertz CT molecular complexity index is 804. The number of aromatic nitrogens is 3. The van der Waals surface area contributed by atoms with Crippen LogP contribution in [0.4, 0.5) is 5.95 Å². The number of benzene rings is 1. The van der Waals surface area contributed by atoms with E-state index in [2.05, 4.69) is 27.2 Å². The molecule has 2 rings (SSSR count). The molecule has 1 heterocycles. The number of halogens is 2. The topological polar surface area (TPSA) is 104 Å². The van der Waals surface area contributed by atoms with E-state index in [0.717, 1.165) is 19.4 Å². The summed E-state index contributed by atoms with van der Waals surface area (Å²) in [5.41, 5.74) is 0.531. The molecule has 0 amide bonds. The molecule has 28 heavy (non-hydrogen) atoms. The van der Waals surface area contributed by atoms with E-state index in [0.29, 0.717) is 50.5 Å². The van der Waals surface area contributed by atoms with E-state index in [4.69, 9.17) is 38.3 Å². The molecular weight excluding hydrogens is 421 g/mol. The van der Waals surface area contributed by atoms with Gasteiger partial charge < -0.3 is 15.2 Å². The van der Waals surface area contributed by atoms with Crippen molar-refractivity contribution < 1.29 is 9.84 Å². The Kier molecular flexibility index (Phi) is 9.58. The van der Waals surface area contributed by atoms with E-state index in [1.54, 1.807) is 6.07 Å². The second-order valence-electron chi connectivity index (χ2n) is 5.68. The zero-order valence-corrected chi connectivity index (χ0v) is 17.7. The van der Waals surface area contributed by atoms with Gasteiger partial charge in [0.25, 0.3) is 0 Å². The average Bonchev–Trinajstić information content (AvgIpc) is 2.68. The predicted molar refractivity (Wildman–Crippen MR) is 112 cm³/mol. The highest BCUT2D eigenvalue weighted by Crippen LogP contribution is 2.36. The van der Waals surface area contributed by atoms with Crippen LogP contribution in [-0.2, 0) is 0 Å². The summed E-state index contributed by atoms with van der Waals surface area (Å²) in [6, 6.07) is 5.06. The number of thioether (sulfide) groups is 1. The van der Waals surface area contributed by atoms with Crippen LogP contribution in [0.1, 0.15) is 26.2 Å². The first-order valence-corrected chi connectivity index (χ1v) is 10.6. The summed E-state index contributed by atoms with van der Waals surface area (Å²) >= 11 is 13.9. The van der Waals surface area contributed by atoms with Gasteiger partial charge in [0.15, 0.2) is 17.6 Å². The molecule has 0 saturated carbocycles. The van der Waals surface area contributed by atoms with Crippen molar-refractivity contribution in [1.82, 2.24) is 15.0 Å². The molecule has 0 atom stereocenters. The van der Waals surface area contributed by atoms with Crippen LogP contribution < -0.4 is 10.1 Å². The summed E-state index contributed by atoms with van der Waals surface area (Å²) in [6.45, 7) is 2.82. The van der Waals surface area contributed by atoms with E-state index < -0.39 is 0 Å². The lowest BCUT2D eigenvalue weighted by molar-refractivity contribution is 0.296. The van der Waals surface area contributed by atoms with Gasteiger partial charge in [-0.3, -0.25) is 0 Å². The first-order valence-electron chi connectivity index (χ1n) is 8.81. The molecule has 150 valence electrons. The molecule has 1 aromatic carbocycles. The van der Waals surface area contributed by atoms with E-state index in [9.17, 15) is 0 Å². The van der Waals surface area contributed by atoms with Crippen LogP contribution >= 0.6 is 35.0 Å². The first-order chi connectivity index (χ1) is 13.6. The average molecular weight is 442 g/mol. The van der Waals surface area contributed by atoms with Crippen molar-refractivity contribution in [2.24, 2.45) is 0 Å². The quantitative estimate of drug-likeness (QED) is 0.389. The van der Waals surface area contributed by atoms with Gasteiger partial charge in [-0.15, -0.1) is 0 Å². The fourth-order valence-electron chi connectivity index (χ4n) is 2.15. The number of nitriles is 1. The molecule has 0 unspecified atom stereocenters. The molecule has 0 radical (unpaired) electrons. The Balaban J connectivity index is 2.39. The third-order valence-electron chi connectivity index (χ3n) is 3.52. The molecule has 0 aliphatic heterocycles. The highest BCUT2D eigenvalue weighted by molar-refractivity contribution is 7.99. The number of nitrogens with zero attached hydrogens (tertiary/aromatic N) is 4. The number of nitrogens with one attached hydrogen (secondary N) is 1. The van der Waals surface area contributed by atoms with Gasteiger partial charge >= 0.3 is 0 Å². The first kappa shape index (κ1) is 22.5. The summed E-state index contributed by atoms with van der Waals surface area (Å²) in [6.07, 6.45) is 2.67. The highest BCUT2D eigenvalue weighted by Gasteiger charge is 2.15. The van der Waals surface area contributed by atoms with Crippen LogP contribution in [0, 0.1) is 11.3 Å². The van der Waals surface area contributed by atoms with Crippen molar-refractivity contribution in [3.63, 3.8) is 0 Å². The van der Waals surface area contributed by atoms with Gasteiger partial charge in [0, 0.05) is 24.5 Å². The van der Waals surface area contributed by atoms with Gasteiger partial charge in [0.2, 0.25) is 5.95 Å². The summed E-state index contributed by atoms with van der Waals surface area (Å²) in [5, 5.41) is 22.1. The Morgan fingerprint density at radius 2 is 2.04 bits per heavy atom. The summed E-state index contributed by atoms with van der Waals surface area (Å²) in [5.74, 6) is 1.84. The lowest BCUT2D eigenvalue weighted by Gasteiger charge is -2.12. The number of hydrogen-bond donors (Lipinski definition) is 2. The molecule has 2 N–H and O–H groups in total. The van der Waals surface area contributed by atoms with E-state index in [-0.39, 0.29) is 13.2 Å². The minimum absolute atomic E-state index is 0.106. The van der Waals surface area contributed by atoms with Crippen LogP contribution in [0.2, 0.25) is 10.0 Å². The Morgan fingerprint density at radius 3 is 2.75 bits per heavy atom. The Labute approximate surface area is 178 Å². The van der Waals surface area contributed by atoms with Crippen LogP contribution in [0.25, 0.3) is 11.4 Å². The predicted octanol–water partition coefficient (Wildman–Crippen LogP) is 4.43. The molecule has 2 aromatic rings. The lowest BCUT2D eigenvalue weighted by atomic mass is 10.2. The van der Waals surface area contributed by atoms with Gasteiger partial charge in [-0.05, 0) is 25.0 Å². The van der Waals surface area contributed by atoms with E-state index in [1.807, 2.05) is 6.07 Å². The number of unbranched alkanes of at least 4 members (excludes halogenated alkanes) is 1. The zero-order chi connectivity index (χ0) is 20.4. The zero-order valence-electron chi connectivity index (χ0n) is 15.4. The van der Waals surface area contributed by atoms with Crippen LogP contribution in [0.15, 0.2) is 17.3 Å². The molecule has 0 aliphatic rings. The van der Waals surface area contributed by atoms with Crippen molar-refractivity contribution in [3.8, 4) is 23.2 Å². The Hall–Kier alpha value is -1.79. The largest absolute Gasteiger partial charge is 0.477 e. The molecule has 0 fully saturated rings. The van der Waals surface area contributed by atoms with Crippen LogP contribution in [0.3, 0.4) is 0 Å². The SMILES string of the molecule is CCCCNc1nc(SCCCO)nc(-c2cc(OCC#N)c(Cl)cc2Cl)n1.